The lowest BCUT2D eigenvalue weighted by molar-refractivity contribution is -0.115. The van der Waals surface area contributed by atoms with E-state index in [0.29, 0.717) is 17.6 Å². The van der Waals surface area contributed by atoms with Crippen molar-refractivity contribution in [3.8, 4) is 0 Å². The van der Waals surface area contributed by atoms with Crippen LogP contribution >= 0.6 is 28.1 Å². The lowest BCUT2D eigenvalue weighted by Crippen LogP contribution is -2.52. The highest BCUT2D eigenvalue weighted by atomic mass is 79.9. The van der Waals surface area contributed by atoms with Crippen LogP contribution in [0.2, 0.25) is 0 Å². The normalized spacial score (nSPS) is 20.7. The summed E-state index contributed by atoms with van der Waals surface area (Å²) in [5.41, 5.74) is 2.08. The number of carbonyl (C=O) groups is 1. The minimum Gasteiger partial charge on any atom is -0.348 e. The molecule has 1 aromatic carbocycles. The molecule has 0 spiro atoms. The Morgan fingerprint density at radius 1 is 1.14 bits per heavy atom. The molecule has 28 heavy (non-hydrogen) atoms. The van der Waals surface area contributed by atoms with Crippen molar-refractivity contribution in [1.29, 1.82) is 0 Å². The number of piperidine rings is 1. The Hall–Kier alpha value is -2.25. The lowest BCUT2D eigenvalue weighted by Gasteiger charge is -2.43. The second-order valence-electron chi connectivity index (χ2n) is 7.28. The van der Waals surface area contributed by atoms with Gasteiger partial charge in [-0.3, -0.25) is 14.9 Å². The predicted octanol–water partition coefficient (Wildman–Crippen LogP) is 3.14. The number of hydrogen-bond donors (Lipinski definition) is 1. The number of likely N-dealkylation sites (tertiary alicyclic amines) is 1. The Bertz CT molecular complexity index is 999. The Morgan fingerprint density at radius 3 is 2.71 bits per heavy atom. The fourth-order valence-electron chi connectivity index (χ4n) is 4.03. The maximum atomic E-state index is 12.3. The molecule has 7 heteroatoms. The highest BCUT2D eigenvalue weighted by Crippen LogP contribution is 2.34. The van der Waals surface area contributed by atoms with Crippen molar-refractivity contribution in [1.82, 2.24) is 14.8 Å². The van der Waals surface area contributed by atoms with Gasteiger partial charge in [-0.05, 0) is 54.4 Å². The van der Waals surface area contributed by atoms with E-state index in [9.17, 15) is 9.59 Å². The van der Waals surface area contributed by atoms with E-state index in [1.54, 1.807) is 12.1 Å². The topological polar surface area (TPSA) is 54.3 Å². The molecule has 0 saturated carbocycles. The van der Waals surface area contributed by atoms with Gasteiger partial charge >= 0.3 is 0 Å². The summed E-state index contributed by atoms with van der Waals surface area (Å²) in [6.45, 7) is 2.18. The fraction of sp³-hybridized carbons (Fsp3) is 0.286. The number of hydrogen-bond acceptors (Lipinski definition) is 3. The molecule has 3 heterocycles. The molecule has 1 amide bonds. The molecule has 2 atom stereocenters. The van der Waals surface area contributed by atoms with Crippen molar-refractivity contribution >= 4 is 45.2 Å². The van der Waals surface area contributed by atoms with Gasteiger partial charge in [0.1, 0.15) is 0 Å². The predicted molar refractivity (Wildman–Crippen MR) is 117 cm³/mol. The highest BCUT2D eigenvalue weighted by molar-refractivity contribution is 9.10. The maximum absolute atomic E-state index is 12.3. The van der Waals surface area contributed by atoms with Crippen molar-refractivity contribution in [2.45, 2.75) is 18.9 Å². The number of carbonyl (C=O) groups excluding carboxylic acids is 1. The highest BCUT2D eigenvalue weighted by Gasteiger charge is 2.35. The average Bonchev–Trinajstić information content (AvgIpc) is 2.68. The number of aromatic nitrogens is 1. The minimum atomic E-state index is -0.236. The first-order valence-corrected chi connectivity index (χ1v) is 10.4. The molecule has 144 valence electrons. The quantitative estimate of drug-likeness (QED) is 0.555. The number of benzene rings is 1. The van der Waals surface area contributed by atoms with Gasteiger partial charge in [0, 0.05) is 47.9 Å². The molecular formula is C21H20BrN3O2S. The molecular weight excluding hydrogens is 438 g/mol. The largest absolute Gasteiger partial charge is 0.348 e. The van der Waals surface area contributed by atoms with Crippen LogP contribution in [0.25, 0.3) is 6.08 Å². The van der Waals surface area contributed by atoms with Crippen LogP contribution in [0.15, 0.2) is 57.8 Å². The van der Waals surface area contributed by atoms with E-state index >= 15 is 0 Å². The van der Waals surface area contributed by atoms with Gasteiger partial charge in [-0.2, -0.15) is 0 Å². The number of nitrogens with one attached hydrogen (secondary N) is 1. The summed E-state index contributed by atoms with van der Waals surface area (Å²) in [6, 6.07) is 13.2. The van der Waals surface area contributed by atoms with Crippen molar-refractivity contribution in [2.75, 3.05) is 13.1 Å². The number of nitrogens with zero attached hydrogens (tertiary/aromatic N) is 2. The summed E-state index contributed by atoms with van der Waals surface area (Å²) < 4.78 is 2.88. The van der Waals surface area contributed by atoms with Crippen molar-refractivity contribution in [3.63, 3.8) is 0 Å². The number of rotatable bonds is 2. The molecule has 4 rings (SSSR count). The second kappa shape index (κ2) is 8.01. The van der Waals surface area contributed by atoms with E-state index in [1.807, 2.05) is 41.0 Å². The molecule has 0 unspecified atom stereocenters. The Balaban J connectivity index is 1.40. The van der Waals surface area contributed by atoms with E-state index in [2.05, 4.69) is 26.1 Å². The monoisotopic (exact) mass is 457 g/mol. The molecule has 1 N–H and O–H groups in total. The van der Waals surface area contributed by atoms with Crippen LogP contribution in [-0.2, 0) is 11.3 Å². The number of thiocarbonyl (C=S) groups is 1. The molecule has 2 bridgehead atoms. The zero-order valence-corrected chi connectivity index (χ0v) is 17.6. The van der Waals surface area contributed by atoms with Gasteiger partial charge in [-0.1, -0.05) is 34.1 Å². The van der Waals surface area contributed by atoms with Crippen LogP contribution in [0.4, 0.5) is 0 Å². The van der Waals surface area contributed by atoms with Crippen LogP contribution in [0.1, 0.15) is 23.6 Å². The third-order valence-electron chi connectivity index (χ3n) is 5.29. The van der Waals surface area contributed by atoms with Gasteiger partial charge in [0.15, 0.2) is 5.11 Å². The Labute approximate surface area is 177 Å². The van der Waals surface area contributed by atoms with Gasteiger partial charge < -0.3 is 9.47 Å². The molecule has 2 aromatic rings. The molecule has 0 radical (unpaired) electrons. The molecule has 2 aliphatic heterocycles. The summed E-state index contributed by atoms with van der Waals surface area (Å²) in [5.74, 6) is 0.384. The standard InChI is InChI=1S/C21H20BrN3O2S/c22-17-7-4-14(5-8-17)6-9-19(26)23-21(28)24-11-15-10-16(13-24)18-2-1-3-20(27)25(18)12-15/h1-9,15-16H,10-13H2,(H,23,26,28)/b9-6+/t15-,16-/m0/s1. The first kappa shape index (κ1) is 19.1. The summed E-state index contributed by atoms with van der Waals surface area (Å²) >= 11 is 8.88. The fourth-order valence-corrected chi connectivity index (χ4v) is 4.55. The molecule has 1 aromatic heterocycles. The van der Waals surface area contributed by atoms with Crippen molar-refractivity contribution in [3.05, 3.63) is 74.6 Å². The molecule has 0 aliphatic carbocycles. The third-order valence-corrected chi connectivity index (χ3v) is 6.18. The lowest BCUT2D eigenvalue weighted by atomic mass is 9.83. The zero-order chi connectivity index (χ0) is 19.7. The van der Waals surface area contributed by atoms with E-state index in [0.717, 1.165) is 35.2 Å². The van der Waals surface area contributed by atoms with E-state index < -0.39 is 0 Å². The second-order valence-corrected chi connectivity index (χ2v) is 8.58. The van der Waals surface area contributed by atoms with Crippen LogP contribution in [-0.4, -0.2) is 33.6 Å². The average molecular weight is 458 g/mol. The Morgan fingerprint density at radius 2 is 1.93 bits per heavy atom. The number of pyridine rings is 1. The van der Waals surface area contributed by atoms with Crippen LogP contribution in [0.3, 0.4) is 0 Å². The maximum Gasteiger partial charge on any atom is 0.250 e. The van der Waals surface area contributed by atoms with E-state index in [1.165, 1.54) is 6.08 Å². The first-order valence-electron chi connectivity index (χ1n) is 9.23. The number of halogens is 1. The van der Waals surface area contributed by atoms with Crippen LogP contribution in [0.5, 0.6) is 0 Å². The van der Waals surface area contributed by atoms with Gasteiger partial charge in [0.2, 0.25) is 5.91 Å². The summed E-state index contributed by atoms with van der Waals surface area (Å²) in [6.07, 6.45) is 4.31. The SMILES string of the molecule is O=C(/C=C/c1ccc(Br)cc1)NC(=S)N1C[C@@H]2C[C@@H](C1)c1cccc(=O)n1C2. The van der Waals surface area contributed by atoms with E-state index in [4.69, 9.17) is 12.2 Å². The van der Waals surface area contributed by atoms with Crippen molar-refractivity contribution < 1.29 is 4.79 Å². The molecule has 2 aliphatic rings. The molecule has 1 fully saturated rings. The minimum absolute atomic E-state index is 0.0645. The van der Waals surface area contributed by atoms with Crippen LogP contribution in [0, 0.1) is 5.92 Å². The third kappa shape index (κ3) is 4.10. The first-order chi connectivity index (χ1) is 13.5. The summed E-state index contributed by atoms with van der Waals surface area (Å²) in [7, 11) is 0. The van der Waals surface area contributed by atoms with Gasteiger partial charge in [-0.25, -0.2) is 0 Å². The zero-order valence-electron chi connectivity index (χ0n) is 15.2. The number of amides is 1. The van der Waals surface area contributed by atoms with Crippen molar-refractivity contribution in [2.24, 2.45) is 5.92 Å². The molecule has 1 saturated heterocycles. The Kier molecular flexibility index (Phi) is 5.46. The van der Waals surface area contributed by atoms with Crippen LogP contribution < -0.4 is 10.9 Å². The number of fused-ring (bicyclic) bond motifs is 4. The van der Waals surface area contributed by atoms with Gasteiger partial charge in [-0.15, -0.1) is 0 Å². The van der Waals surface area contributed by atoms with E-state index in [-0.39, 0.29) is 17.4 Å². The van der Waals surface area contributed by atoms with Gasteiger partial charge in [0.05, 0.1) is 0 Å². The molecule has 5 nitrogen and oxygen atoms in total. The van der Waals surface area contributed by atoms with Gasteiger partial charge in [0.25, 0.3) is 5.56 Å². The smallest absolute Gasteiger partial charge is 0.250 e. The summed E-state index contributed by atoms with van der Waals surface area (Å²) in [4.78, 5) is 26.4. The summed E-state index contributed by atoms with van der Waals surface area (Å²) in [5, 5.41) is 3.26.